The van der Waals surface area contributed by atoms with Crippen LogP contribution in [0.15, 0.2) is 10.5 Å². The Hall–Kier alpha value is -0.340. The first-order chi connectivity index (χ1) is 6.46. The molecule has 0 spiro atoms. The van der Waals surface area contributed by atoms with E-state index < -0.39 is 5.60 Å². The topological polar surface area (TPSA) is 20.2 Å². The largest absolute Gasteiger partial charge is 0.385 e. The number of hydrogen-bond acceptors (Lipinski definition) is 1. The molecule has 1 aromatic rings. The van der Waals surface area contributed by atoms with E-state index in [2.05, 4.69) is 42.8 Å². The smallest absolute Gasteiger partial charge is 0.0904 e. The van der Waals surface area contributed by atoms with Gasteiger partial charge in [-0.3, -0.25) is 0 Å². The molecule has 0 saturated heterocycles. The quantitative estimate of drug-likeness (QED) is 0.815. The Morgan fingerprint density at radius 2 is 1.79 bits per heavy atom. The first-order valence-electron chi connectivity index (χ1n) is 4.95. The third-order valence-corrected chi connectivity index (χ3v) is 4.29. The van der Waals surface area contributed by atoms with Crippen LogP contribution in [-0.4, -0.2) is 5.11 Å². The molecule has 0 heterocycles. The van der Waals surface area contributed by atoms with Crippen LogP contribution in [-0.2, 0) is 5.60 Å². The summed E-state index contributed by atoms with van der Waals surface area (Å²) in [5.74, 6) is 0. The summed E-state index contributed by atoms with van der Waals surface area (Å²) in [4.78, 5) is 0. The summed E-state index contributed by atoms with van der Waals surface area (Å²) in [6.45, 7) is 6.25. The highest BCUT2D eigenvalue weighted by Crippen LogP contribution is 2.49. The van der Waals surface area contributed by atoms with Crippen LogP contribution in [0, 0.1) is 20.8 Å². The molecule has 2 rings (SSSR count). The van der Waals surface area contributed by atoms with Crippen molar-refractivity contribution in [3.63, 3.8) is 0 Å². The molecule has 76 valence electrons. The van der Waals surface area contributed by atoms with Gasteiger partial charge in [-0.05, 0) is 55.9 Å². The number of benzene rings is 1. The van der Waals surface area contributed by atoms with Crippen molar-refractivity contribution in [1.29, 1.82) is 0 Å². The van der Waals surface area contributed by atoms with Gasteiger partial charge in [0, 0.05) is 4.47 Å². The fraction of sp³-hybridized carbons (Fsp3) is 0.500. The van der Waals surface area contributed by atoms with Crippen LogP contribution < -0.4 is 0 Å². The fourth-order valence-corrected chi connectivity index (χ4v) is 2.56. The highest BCUT2D eigenvalue weighted by Gasteiger charge is 2.44. The molecule has 1 fully saturated rings. The van der Waals surface area contributed by atoms with Gasteiger partial charge in [-0.2, -0.15) is 0 Å². The van der Waals surface area contributed by atoms with Crippen molar-refractivity contribution >= 4 is 15.9 Å². The monoisotopic (exact) mass is 254 g/mol. The van der Waals surface area contributed by atoms with E-state index in [1.807, 2.05) is 0 Å². The van der Waals surface area contributed by atoms with Gasteiger partial charge in [0.2, 0.25) is 0 Å². The number of halogens is 1. The molecule has 1 aliphatic rings. The van der Waals surface area contributed by atoms with Gasteiger partial charge < -0.3 is 5.11 Å². The normalized spacial score (nSPS) is 18.4. The molecule has 0 amide bonds. The third-order valence-electron chi connectivity index (χ3n) is 3.07. The third kappa shape index (κ3) is 1.41. The fourth-order valence-electron chi connectivity index (χ4n) is 2.25. The minimum Gasteiger partial charge on any atom is -0.385 e. The van der Waals surface area contributed by atoms with Crippen LogP contribution in [0.3, 0.4) is 0 Å². The predicted octanol–water partition coefficient (Wildman–Crippen LogP) is 3.36. The molecule has 1 N–H and O–H groups in total. The molecule has 0 radical (unpaired) electrons. The van der Waals surface area contributed by atoms with Gasteiger partial charge in [0.05, 0.1) is 5.60 Å². The van der Waals surface area contributed by atoms with Crippen LogP contribution in [0.5, 0.6) is 0 Å². The van der Waals surface area contributed by atoms with E-state index in [1.165, 1.54) is 16.7 Å². The Morgan fingerprint density at radius 1 is 1.21 bits per heavy atom. The Bertz CT molecular complexity index is 392. The highest BCUT2D eigenvalue weighted by molar-refractivity contribution is 9.10. The molecule has 14 heavy (non-hydrogen) atoms. The molecule has 1 nitrogen and oxygen atoms in total. The average Bonchev–Trinajstić information content (AvgIpc) is 2.80. The first kappa shape index (κ1) is 10.2. The average molecular weight is 255 g/mol. The minimum absolute atomic E-state index is 0.523. The van der Waals surface area contributed by atoms with E-state index in [0.717, 1.165) is 22.9 Å². The lowest BCUT2D eigenvalue weighted by atomic mass is 9.94. The molecule has 0 atom stereocenters. The van der Waals surface area contributed by atoms with Crippen molar-refractivity contribution in [2.24, 2.45) is 0 Å². The molecule has 0 aliphatic heterocycles. The maximum atomic E-state index is 10.2. The predicted molar refractivity (Wildman–Crippen MR) is 61.5 cm³/mol. The van der Waals surface area contributed by atoms with Crippen LogP contribution in [0.1, 0.15) is 35.1 Å². The van der Waals surface area contributed by atoms with E-state index in [0.29, 0.717) is 0 Å². The summed E-state index contributed by atoms with van der Waals surface area (Å²) in [6, 6.07) is 2.14. The van der Waals surface area contributed by atoms with Gasteiger partial charge in [0.1, 0.15) is 0 Å². The summed E-state index contributed by atoms with van der Waals surface area (Å²) in [7, 11) is 0. The lowest BCUT2D eigenvalue weighted by Gasteiger charge is -2.18. The molecule has 0 unspecified atom stereocenters. The van der Waals surface area contributed by atoms with Gasteiger partial charge in [-0.1, -0.05) is 22.0 Å². The van der Waals surface area contributed by atoms with Crippen molar-refractivity contribution in [3.05, 3.63) is 32.8 Å². The lowest BCUT2D eigenvalue weighted by Crippen LogP contribution is -2.10. The number of aryl methyl sites for hydroxylation is 2. The van der Waals surface area contributed by atoms with E-state index in [-0.39, 0.29) is 0 Å². The summed E-state index contributed by atoms with van der Waals surface area (Å²) in [6.07, 6.45) is 1.81. The van der Waals surface area contributed by atoms with Crippen molar-refractivity contribution < 1.29 is 5.11 Å². The van der Waals surface area contributed by atoms with Gasteiger partial charge >= 0.3 is 0 Å². The van der Waals surface area contributed by atoms with Crippen LogP contribution in [0.4, 0.5) is 0 Å². The maximum absolute atomic E-state index is 10.2. The van der Waals surface area contributed by atoms with Crippen LogP contribution in [0.2, 0.25) is 0 Å². The van der Waals surface area contributed by atoms with Crippen LogP contribution >= 0.6 is 15.9 Å². The van der Waals surface area contributed by atoms with Gasteiger partial charge in [-0.25, -0.2) is 0 Å². The van der Waals surface area contributed by atoms with Crippen molar-refractivity contribution in [3.8, 4) is 0 Å². The second-order valence-corrected chi connectivity index (χ2v) is 5.15. The molecule has 2 heteroatoms. The molecule has 0 bridgehead atoms. The molecular formula is C12H15BrO. The van der Waals surface area contributed by atoms with Crippen molar-refractivity contribution in [2.75, 3.05) is 0 Å². The lowest BCUT2D eigenvalue weighted by molar-refractivity contribution is 0.150. The standard InChI is InChI=1S/C12H15BrO/c1-7-6-8(2)11(13)9(3)10(7)12(14)4-5-12/h6,14H,4-5H2,1-3H3. The van der Waals surface area contributed by atoms with Crippen LogP contribution in [0.25, 0.3) is 0 Å². The van der Waals surface area contributed by atoms with Gasteiger partial charge in [0.25, 0.3) is 0 Å². The molecule has 1 saturated carbocycles. The number of hydrogen-bond donors (Lipinski definition) is 1. The SMILES string of the molecule is Cc1cc(C)c(C2(O)CC2)c(C)c1Br. The molecular weight excluding hydrogens is 240 g/mol. The van der Waals surface area contributed by atoms with Crippen molar-refractivity contribution in [2.45, 2.75) is 39.2 Å². The zero-order chi connectivity index (χ0) is 10.5. The van der Waals surface area contributed by atoms with E-state index in [9.17, 15) is 5.11 Å². The molecule has 1 aliphatic carbocycles. The minimum atomic E-state index is -0.523. The van der Waals surface area contributed by atoms with E-state index in [4.69, 9.17) is 0 Å². The summed E-state index contributed by atoms with van der Waals surface area (Å²) >= 11 is 3.57. The second-order valence-electron chi connectivity index (χ2n) is 4.36. The summed E-state index contributed by atoms with van der Waals surface area (Å²) in [5.41, 5.74) is 4.26. The Kier molecular flexibility index (Phi) is 2.24. The molecule has 0 aromatic heterocycles. The summed E-state index contributed by atoms with van der Waals surface area (Å²) < 4.78 is 1.14. The van der Waals surface area contributed by atoms with E-state index in [1.54, 1.807) is 0 Å². The van der Waals surface area contributed by atoms with Crippen molar-refractivity contribution in [1.82, 2.24) is 0 Å². The Balaban J connectivity index is 2.65. The zero-order valence-corrected chi connectivity index (χ0v) is 10.4. The summed E-state index contributed by atoms with van der Waals surface area (Å²) in [5, 5.41) is 10.2. The second kappa shape index (κ2) is 3.07. The van der Waals surface area contributed by atoms with E-state index >= 15 is 0 Å². The zero-order valence-electron chi connectivity index (χ0n) is 8.82. The molecule has 1 aromatic carbocycles. The number of aliphatic hydroxyl groups is 1. The van der Waals surface area contributed by atoms with Gasteiger partial charge in [0.15, 0.2) is 0 Å². The van der Waals surface area contributed by atoms with Gasteiger partial charge in [-0.15, -0.1) is 0 Å². The highest BCUT2D eigenvalue weighted by atomic mass is 79.9. The maximum Gasteiger partial charge on any atom is 0.0904 e. The Morgan fingerprint density at radius 3 is 2.29 bits per heavy atom. The first-order valence-corrected chi connectivity index (χ1v) is 5.74. The Labute approximate surface area is 93.3 Å². The number of rotatable bonds is 1.